The zero-order valence-electron chi connectivity index (χ0n) is 8.85. The Kier molecular flexibility index (Phi) is 3.35. The Bertz CT molecular complexity index is 289. The molecule has 0 spiro atoms. The molecule has 0 aromatic heterocycles. The van der Waals surface area contributed by atoms with Crippen molar-refractivity contribution in [1.29, 1.82) is 0 Å². The first kappa shape index (κ1) is 10.1. The number of anilines is 1. The van der Waals surface area contributed by atoms with Gasteiger partial charge < -0.3 is 5.73 Å². The van der Waals surface area contributed by atoms with E-state index in [0.717, 1.165) is 24.9 Å². The molecule has 0 bridgehead atoms. The van der Waals surface area contributed by atoms with Crippen molar-refractivity contribution >= 4 is 5.69 Å². The van der Waals surface area contributed by atoms with Crippen molar-refractivity contribution in [1.82, 2.24) is 0 Å². The molecule has 2 N–H and O–H groups in total. The van der Waals surface area contributed by atoms with E-state index in [9.17, 15) is 0 Å². The molecule has 1 nitrogen and oxygen atoms in total. The molecule has 1 heteroatoms. The summed E-state index contributed by atoms with van der Waals surface area (Å²) in [5.41, 5.74) is 11.0. The zero-order valence-corrected chi connectivity index (χ0v) is 8.85. The predicted octanol–water partition coefficient (Wildman–Crippen LogP) is 2.96. The summed E-state index contributed by atoms with van der Waals surface area (Å²) in [4.78, 5) is 0. The number of nitrogens with two attached hydrogens (primary N) is 1. The molecule has 1 rings (SSSR count). The summed E-state index contributed by atoms with van der Waals surface area (Å²) in [7, 11) is 0. The topological polar surface area (TPSA) is 26.0 Å². The third-order valence-corrected chi connectivity index (χ3v) is 2.60. The molecule has 0 heterocycles. The van der Waals surface area contributed by atoms with Crippen LogP contribution in [-0.4, -0.2) is 0 Å². The van der Waals surface area contributed by atoms with E-state index in [-0.39, 0.29) is 0 Å². The van der Waals surface area contributed by atoms with Gasteiger partial charge in [-0.15, -0.1) is 0 Å². The van der Waals surface area contributed by atoms with Crippen molar-refractivity contribution in [2.24, 2.45) is 0 Å². The minimum Gasteiger partial charge on any atom is -0.398 e. The van der Waals surface area contributed by atoms with Crippen LogP contribution in [-0.2, 0) is 19.3 Å². The van der Waals surface area contributed by atoms with Crippen LogP contribution in [0, 0.1) is 0 Å². The largest absolute Gasteiger partial charge is 0.398 e. The Hall–Kier alpha value is -0.980. The standard InChI is InChI=1S/C12H19N/c1-4-9-7-11(6-3)12(13)8-10(9)5-2/h7-8H,4-6,13H2,1-3H3. The zero-order chi connectivity index (χ0) is 9.84. The average Bonchev–Trinajstić information content (AvgIpc) is 2.17. The van der Waals surface area contributed by atoms with Crippen molar-refractivity contribution in [2.75, 3.05) is 5.73 Å². The fourth-order valence-electron chi connectivity index (χ4n) is 1.72. The molecule has 0 aliphatic rings. The van der Waals surface area contributed by atoms with Gasteiger partial charge in [0.15, 0.2) is 0 Å². The lowest BCUT2D eigenvalue weighted by atomic mass is 9.97. The van der Waals surface area contributed by atoms with Crippen molar-refractivity contribution in [3.8, 4) is 0 Å². The van der Waals surface area contributed by atoms with Crippen LogP contribution in [0.4, 0.5) is 5.69 Å². The van der Waals surface area contributed by atoms with E-state index in [1.54, 1.807) is 0 Å². The van der Waals surface area contributed by atoms with Crippen LogP contribution < -0.4 is 5.73 Å². The molecule has 0 saturated carbocycles. The predicted molar refractivity (Wildman–Crippen MR) is 59.0 cm³/mol. The summed E-state index contributed by atoms with van der Waals surface area (Å²) >= 11 is 0. The molecule has 1 aromatic carbocycles. The lowest BCUT2D eigenvalue weighted by Crippen LogP contribution is -1.99. The molecule has 0 atom stereocenters. The maximum Gasteiger partial charge on any atom is 0.0349 e. The smallest absolute Gasteiger partial charge is 0.0349 e. The summed E-state index contributed by atoms with van der Waals surface area (Å²) in [6.07, 6.45) is 3.22. The summed E-state index contributed by atoms with van der Waals surface area (Å²) in [5, 5.41) is 0. The Labute approximate surface area is 81.0 Å². The van der Waals surface area contributed by atoms with Gasteiger partial charge in [-0.2, -0.15) is 0 Å². The molecule has 1 aromatic rings. The van der Waals surface area contributed by atoms with Crippen molar-refractivity contribution in [3.05, 3.63) is 28.8 Å². The van der Waals surface area contributed by atoms with Crippen molar-refractivity contribution < 1.29 is 0 Å². The molecule has 0 radical (unpaired) electrons. The molecule has 0 amide bonds. The lowest BCUT2D eigenvalue weighted by Gasteiger charge is -2.10. The first-order chi connectivity index (χ1) is 6.22. The summed E-state index contributed by atoms with van der Waals surface area (Å²) in [5.74, 6) is 0. The van der Waals surface area contributed by atoms with Crippen LogP contribution in [0.25, 0.3) is 0 Å². The molecule has 0 aliphatic carbocycles. The highest BCUT2D eigenvalue weighted by Crippen LogP contribution is 2.20. The average molecular weight is 177 g/mol. The normalized spacial score (nSPS) is 10.4. The maximum atomic E-state index is 5.93. The van der Waals surface area contributed by atoms with Crippen LogP contribution in [0.5, 0.6) is 0 Å². The Morgan fingerprint density at radius 2 is 1.31 bits per heavy atom. The van der Waals surface area contributed by atoms with Gasteiger partial charge in [0.2, 0.25) is 0 Å². The quantitative estimate of drug-likeness (QED) is 0.706. The highest BCUT2D eigenvalue weighted by atomic mass is 14.6. The molecule has 72 valence electrons. The van der Waals surface area contributed by atoms with Gasteiger partial charge in [-0.05, 0) is 42.0 Å². The van der Waals surface area contributed by atoms with Gasteiger partial charge in [-0.25, -0.2) is 0 Å². The highest BCUT2D eigenvalue weighted by Gasteiger charge is 2.03. The fraction of sp³-hybridized carbons (Fsp3) is 0.500. The number of hydrogen-bond acceptors (Lipinski definition) is 1. The number of hydrogen-bond donors (Lipinski definition) is 1. The molecule has 0 saturated heterocycles. The Balaban J connectivity index is 3.18. The summed E-state index contributed by atoms with van der Waals surface area (Å²) in [6.45, 7) is 6.53. The van der Waals surface area contributed by atoms with E-state index >= 15 is 0 Å². The van der Waals surface area contributed by atoms with Crippen LogP contribution >= 0.6 is 0 Å². The van der Waals surface area contributed by atoms with Crippen LogP contribution in [0.15, 0.2) is 12.1 Å². The number of benzene rings is 1. The molecule has 0 aliphatic heterocycles. The van der Waals surface area contributed by atoms with Gasteiger partial charge in [-0.1, -0.05) is 26.8 Å². The van der Waals surface area contributed by atoms with Gasteiger partial charge in [0.25, 0.3) is 0 Å². The lowest BCUT2D eigenvalue weighted by molar-refractivity contribution is 1.02. The summed E-state index contributed by atoms with van der Waals surface area (Å²) in [6, 6.07) is 4.39. The number of nitrogen functional groups attached to an aromatic ring is 1. The van der Waals surface area contributed by atoms with Crippen LogP contribution in [0.2, 0.25) is 0 Å². The second-order valence-electron chi connectivity index (χ2n) is 3.38. The molecular formula is C12H19N. The Morgan fingerprint density at radius 1 is 0.846 bits per heavy atom. The Morgan fingerprint density at radius 3 is 1.77 bits per heavy atom. The van der Waals surface area contributed by atoms with Gasteiger partial charge >= 0.3 is 0 Å². The minimum absolute atomic E-state index is 0.955. The number of aryl methyl sites for hydroxylation is 3. The van der Waals surface area contributed by atoms with Gasteiger partial charge in [-0.3, -0.25) is 0 Å². The third kappa shape index (κ3) is 2.03. The first-order valence-electron chi connectivity index (χ1n) is 5.13. The maximum absolute atomic E-state index is 5.93. The monoisotopic (exact) mass is 177 g/mol. The van der Waals surface area contributed by atoms with Crippen LogP contribution in [0.1, 0.15) is 37.5 Å². The SMILES string of the molecule is CCc1cc(CC)c(CC)cc1N. The second kappa shape index (κ2) is 4.31. The van der Waals surface area contributed by atoms with E-state index in [1.807, 2.05) is 0 Å². The molecular weight excluding hydrogens is 158 g/mol. The van der Waals surface area contributed by atoms with Crippen molar-refractivity contribution in [3.63, 3.8) is 0 Å². The van der Waals surface area contributed by atoms with E-state index in [2.05, 4.69) is 32.9 Å². The van der Waals surface area contributed by atoms with Gasteiger partial charge in [0.05, 0.1) is 0 Å². The minimum atomic E-state index is 0.955. The number of rotatable bonds is 3. The van der Waals surface area contributed by atoms with E-state index in [4.69, 9.17) is 5.73 Å². The van der Waals surface area contributed by atoms with E-state index in [1.165, 1.54) is 16.7 Å². The molecule has 13 heavy (non-hydrogen) atoms. The second-order valence-corrected chi connectivity index (χ2v) is 3.38. The highest BCUT2D eigenvalue weighted by molar-refractivity contribution is 5.52. The molecule has 0 fully saturated rings. The molecule has 0 unspecified atom stereocenters. The first-order valence-corrected chi connectivity index (χ1v) is 5.13. The summed E-state index contributed by atoms with van der Waals surface area (Å²) < 4.78 is 0. The van der Waals surface area contributed by atoms with Crippen LogP contribution in [0.3, 0.4) is 0 Å². The van der Waals surface area contributed by atoms with E-state index in [0.29, 0.717) is 0 Å². The van der Waals surface area contributed by atoms with Crippen molar-refractivity contribution in [2.45, 2.75) is 40.0 Å². The van der Waals surface area contributed by atoms with Gasteiger partial charge in [0, 0.05) is 5.69 Å². The van der Waals surface area contributed by atoms with E-state index < -0.39 is 0 Å². The third-order valence-electron chi connectivity index (χ3n) is 2.60. The fourth-order valence-corrected chi connectivity index (χ4v) is 1.72. The van der Waals surface area contributed by atoms with Gasteiger partial charge in [0.1, 0.15) is 0 Å².